The molecule has 0 radical (unpaired) electrons. The molecule has 3 heterocycles. The summed E-state index contributed by atoms with van der Waals surface area (Å²) in [5.74, 6) is 1.61. The molecule has 0 amide bonds. The predicted octanol–water partition coefficient (Wildman–Crippen LogP) is 15.0. The van der Waals surface area contributed by atoms with Crippen LogP contribution in [0.3, 0.4) is 0 Å². The second-order valence-corrected chi connectivity index (χ2v) is 30.6. The lowest BCUT2D eigenvalue weighted by Crippen LogP contribution is -2.76. The quantitative estimate of drug-likeness (QED) is 0.0584. The van der Waals surface area contributed by atoms with Gasteiger partial charge in [-0.1, -0.05) is 327 Å². The Hall–Kier alpha value is -11.1. The third kappa shape index (κ3) is 9.43. The molecular weight excluding hydrogens is 1110 g/mol. The summed E-state index contributed by atoms with van der Waals surface area (Å²) < 4.78 is 4.46. The smallest absolute Gasteiger partial charge is 0.240 e. The zero-order chi connectivity index (χ0) is 59.7. The van der Waals surface area contributed by atoms with Crippen LogP contribution in [-0.4, -0.2) is 40.2 Å². The fourth-order valence-electron chi connectivity index (χ4n) is 13.9. The summed E-state index contributed by atoms with van der Waals surface area (Å²) in [6.07, 6.45) is 6.60. The number of para-hydroxylation sites is 4. The van der Waals surface area contributed by atoms with Gasteiger partial charge in [0.15, 0.2) is 22.0 Å². The van der Waals surface area contributed by atoms with E-state index in [-0.39, 0.29) is 0 Å². The maximum atomic E-state index is 5.84. The van der Waals surface area contributed by atoms with Gasteiger partial charge in [0.05, 0.1) is 22.1 Å². The van der Waals surface area contributed by atoms with Crippen LogP contribution >= 0.6 is 0 Å². The number of hydrogen-bond donors (Lipinski definition) is 0. The molecule has 0 aliphatic carbocycles. The van der Waals surface area contributed by atoms with Gasteiger partial charge in [0, 0.05) is 27.1 Å². The highest BCUT2D eigenvalue weighted by Crippen LogP contribution is 2.35. The normalized spacial score (nSPS) is 12.3. The summed E-state index contributed by atoms with van der Waals surface area (Å²) in [4.78, 5) is 17.3. The number of nitrogens with zero attached hydrogens (tertiary/aromatic N) is 5. The van der Waals surface area contributed by atoms with E-state index in [0.29, 0.717) is 17.7 Å². The summed E-state index contributed by atoms with van der Waals surface area (Å²) in [5, 5.41) is 14.4. The molecule has 0 fully saturated rings. The molecule has 0 N–H and O–H groups in total. The van der Waals surface area contributed by atoms with Crippen molar-refractivity contribution in [3.63, 3.8) is 0 Å². The second-order valence-electron chi connectivity index (χ2n) is 22.7. The van der Waals surface area contributed by atoms with Crippen molar-refractivity contribution in [1.29, 1.82) is 0 Å². The van der Waals surface area contributed by atoms with Crippen LogP contribution in [0.4, 0.5) is 0 Å². The van der Waals surface area contributed by atoms with Gasteiger partial charge in [-0.15, -0.1) is 0 Å². The number of aromatic nitrogens is 5. The van der Waals surface area contributed by atoms with Gasteiger partial charge >= 0.3 is 0 Å². The van der Waals surface area contributed by atoms with Crippen molar-refractivity contribution >= 4 is 102 Å². The topological polar surface area (TPSA) is 48.5 Å². The van der Waals surface area contributed by atoms with Crippen LogP contribution in [0.25, 0.3) is 83.6 Å². The largest absolute Gasteiger partial charge is 0.278 e. The summed E-state index contributed by atoms with van der Waals surface area (Å²) in [6, 6.07) is 118. The number of benzene rings is 12. The molecule has 0 saturated carbocycles. The lowest BCUT2D eigenvalue weighted by atomic mass is 10.1. The minimum absolute atomic E-state index is 0.524. The maximum Gasteiger partial charge on any atom is 0.240 e. The van der Waals surface area contributed by atoms with E-state index in [1.165, 1.54) is 47.1 Å². The van der Waals surface area contributed by atoms with E-state index in [2.05, 4.69) is 356 Å². The molecule has 15 rings (SSSR count). The lowest BCUT2D eigenvalue weighted by Gasteiger charge is -2.38. The molecule has 422 valence electrons. The Labute approximate surface area is 520 Å². The molecule has 7 heteroatoms. The first-order valence-electron chi connectivity index (χ1n) is 30.4. The van der Waals surface area contributed by atoms with Gasteiger partial charge in [-0.3, -0.25) is 9.13 Å². The maximum absolute atomic E-state index is 5.84. The first kappa shape index (κ1) is 54.5. The Morgan fingerprint density at radius 1 is 0.326 bits per heavy atom. The van der Waals surface area contributed by atoms with E-state index < -0.39 is 16.1 Å². The monoisotopic (exact) mass is 1170 g/mol. The van der Waals surface area contributed by atoms with Gasteiger partial charge in [-0.05, 0) is 89.8 Å². The van der Waals surface area contributed by atoms with E-state index in [1.807, 2.05) is 6.08 Å². The number of fused-ring (bicyclic) bond motifs is 6. The van der Waals surface area contributed by atoms with Crippen molar-refractivity contribution in [2.45, 2.75) is 6.92 Å². The fraction of sp³-hybridized carbons (Fsp3) is 0.0122. The van der Waals surface area contributed by atoms with Crippen molar-refractivity contribution in [3.8, 4) is 34.4 Å². The summed E-state index contributed by atoms with van der Waals surface area (Å²) in [7, 11) is -6.80. The molecule has 0 saturated heterocycles. The van der Waals surface area contributed by atoms with Crippen LogP contribution in [0.2, 0.25) is 0 Å². The molecule has 5 nitrogen and oxygen atoms in total. The molecule has 0 aliphatic heterocycles. The third-order valence-electron chi connectivity index (χ3n) is 17.9. The summed E-state index contributed by atoms with van der Waals surface area (Å²) in [5.41, 5.74) is 9.41. The van der Waals surface area contributed by atoms with Crippen LogP contribution in [0.15, 0.2) is 352 Å². The molecule has 15 aromatic rings. The second kappa shape index (κ2) is 23.3. The van der Waals surface area contributed by atoms with E-state index >= 15 is 0 Å². The molecular formula is C82H61N5Si2. The minimum Gasteiger partial charge on any atom is -0.278 e. The van der Waals surface area contributed by atoms with Crippen LogP contribution in [0.5, 0.6) is 0 Å². The molecule has 0 aliphatic rings. The molecule has 12 aromatic carbocycles. The Kier molecular flexibility index (Phi) is 14.3. The first-order valence-corrected chi connectivity index (χ1v) is 34.4. The third-order valence-corrected chi connectivity index (χ3v) is 27.6. The zero-order valence-corrected chi connectivity index (χ0v) is 51.3. The van der Waals surface area contributed by atoms with E-state index in [4.69, 9.17) is 15.0 Å². The predicted molar refractivity (Wildman–Crippen MR) is 379 cm³/mol. The van der Waals surface area contributed by atoms with Crippen molar-refractivity contribution in [2.24, 2.45) is 0 Å². The molecule has 0 bridgehead atoms. The lowest BCUT2D eigenvalue weighted by molar-refractivity contribution is 0.893. The van der Waals surface area contributed by atoms with Crippen LogP contribution < -0.4 is 36.3 Å². The Morgan fingerprint density at radius 3 is 1.12 bits per heavy atom. The average molecular weight is 1170 g/mol. The van der Waals surface area contributed by atoms with Crippen molar-refractivity contribution < 1.29 is 0 Å². The van der Waals surface area contributed by atoms with Gasteiger partial charge in [-0.25, -0.2) is 0 Å². The fourth-order valence-corrected chi connectivity index (χ4v) is 23.6. The standard InChI is InChI=1S/C82H61N5Si2/c1-3-60(61-30-10-4-11-31-61)51-50-59(2)88(65-34-14-6-15-35-65,66-36-16-7-17-37-66)70-56-64(57-71(58-70)89(67-38-18-8-19-39-67,68-40-20-9-21-41-68)69-54-52-63(53-55-69)62-32-12-5-13-33-62)80-83-81(86-76-46-26-22-42-72(76)73-43-23-27-47-77(73)86)85-82(84-80)87-78-48-28-24-44-74(78)75-45-25-29-49-79(75)87/h3-58H,1H2,2H3/b59-50+,60-51+. The van der Waals surface area contributed by atoms with Crippen molar-refractivity contribution in [3.05, 3.63) is 357 Å². The Balaban J connectivity index is 1.12. The van der Waals surface area contributed by atoms with E-state index in [0.717, 1.165) is 65.9 Å². The average Bonchev–Trinajstić information content (AvgIpc) is 1.07. The molecule has 0 spiro atoms. The first-order chi connectivity index (χ1) is 44.0. The molecule has 0 unspecified atom stereocenters. The van der Waals surface area contributed by atoms with Crippen LogP contribution in [-0.2, 0) is 0 Å². The SMILES string of the molecule is C=C/C(=C\C=C(/C)[Si](c1ccccc1)(c1ccccc1)c1cc(-c2nc(-n3c4ccccc4c4ccccc43)nc(-n3c4ccccc4c4ccccc43)n2)cc([Si](c2ccccc2)(c2ccccc2)c2ccc(-c3ccccc3)cc2)c1)c1ccccc1. The highest BCUT2D eigenvalue weighted by molar-refractivity contribution is 7.21. The van der Waals surface area contributed by atoms with Gasteiger partial charge < -0.3 is 0 Å². The number of rotatable bonds is 15. The van der Waals surface area contributed by atoms with E-state index in [1.54, 1.807) is 0 Å². The zero-order valence-electron chi connectivity index (χ0n) is 49.3. The van der Waals surface area contributed by atoms with Crippen LogP contribution in [0.1, 0.15) is 12.5 Å². The van der Waals surface area contributed by atoms with Gasteiger partial charge in [0.2, 0.25) is 11.9 Å². The molecule has 0 atom stereocenters. The molecule has 3 aromatic heterocycles. The van der Waals surface area contributed by atoms with Crippen LogP contribution in [0, 0.1) is 0 Å². The summed E-state index contributed by atoms with van der Waals surface area (Å²) in [6.45, 7) is 6.71. The minimum atomic E-state index is -3.40. The van der Waals surface area contributed by atoms with Gasteiger partial charge in [-0.2, -0.15) is 15.0 Å². The molecule has 89 heavy (non-hydrogen) atoms. The number of hydrogen-bond acceptors (Lipinski definition) is 3. The Morgan fingerprint density at radius 2 is 0.685 bits per heavy atom. The van der Waals surface area contributed by atoms with E-state index in [9.17, 15) is 0 Å². The summed E-state index contributed by atoms with van der Waals surface area (Å²) >= 11 is 0. The number of allylic oxidation sites excluding steroid dienone is 5. The highest BCUT2D eigenvalue weighted by atomic mass is 28.3. The van der Waals surface area contributed by atoms with Gasteiger partial charge in [0.1, 0.15) is 0 Å². The van der Waals surface area contributed by atoms with Crippen molar-refractivity contribution in [2.75, 3.05) is 0 Å². The van der Waals surface area contributed by atoms with Gasteiger partial charge in [0.25, 0.3) is 0 Å². The van der Waals surface area contributed by atoms with Crippen molar-refractivity contribution in [1.82, 2.24) is 24.1 Å². The highest BCUT2D eigenvalue weighted by Gasteiger charge is 2.46. The Bertz CT molecular complexity index is 4820.